The van der Waals surface area contributed by atoms with Gasteiger partial charge in [0.2, 0.25) is 0 Å². The maximum absolute atomic E-state index is 11.3. The summed E-state index contributed by atoms with van der Waals surface area (Å²) in [5.41, 5.74) is 1.25. The smallest absolute Gasteiger partial charge is 0.328 e. The largest absolute Gasteiger partial charge is 0.497 e. The van der Waals surface area contributed by atoms with E-state index in [-0.39, 0.29) is 0 Å². The van der Waals surface area contributed by atoms with Crippen molar-refractivity contribution in [2.45, 2.75) is 19.4 Å². The second-order valence-electron chi connectivity index (χ2n) is 4.39. The molecule has 1 unspecified atom stereocenters. The van der Waals surface area contributed by atoms with Gasteiger partial charge in [-0.25, -0.2) is 9.48 Å². The van der Waals surface area contributed by atoms with Crippen LogP contribution in [-0.2, 0) is 4.79 Å². The molecule has 21 heavy (non-hydrogen) atoms. The first-order valence-corrected chi connectivity index (χ1v) is 6.47. The predicted molar refractivity (Wildman–Crippen MR) is 75.5 cm³/mol. The molecule has 0 aliphatic heterocycles. The van der Waals surface area contributed by atoms with E-state index >= 15 is 0 Å². The number of methoxy groups -OCH3 is 2. The molecule has 2 rings (SSSR count). The molecule has 112 valence electrons. The Morgan fingerprint density at radius 1 is 1.38 bits per heavy atom. The molecule has 0 fully saturated rings. The third-order valence-corrected chi connectivity index (χ3v) is 3.22. The first kappa shape index (κ1) is 14.8. The SMILES string of the molecule is CCC(C(=O)O)n1nncc1-c1cc(OC)ccc1OC. The van der Waals surface area contributed by atoms with E-state index in [0.29, 0.717) is 29.2 Å². The molecule has 1 atom stereocenters. The number of carboxylic acids is 1. The summed E-state index contributed by atoms with van der Waals surface area (Å²) in [6.07, 6.45) is 1.92. The van der Waals surface area contributed by atoms with Gasteiger partial charge in [0.15, 0.2) is 6.04 Å². The average Bonchev–Trinajstić information content (AvgIpc) is 2.96. The molecule has 0 amide bonds. The van der Waals surface area contributed by atoms with E-state index in [4.69, 9.17) is 9.47 Å². The molecule has 0 spiro atoms. The number of hydrogen-bond donors (Lipinski definition) is 1. The summed E-state index contributed by atoms with van der Waals surface area (Å²) < 4.78 is 11.9. The fraction of sp³-hybridized carbons (Fsp3) is 0.357. The number of hydrogen-bond acceptors (Lipinski definition) is 5. The van der Waals surface area contributed by atoms with Crippen molar-refractivity contribution in [1.29, 1.82) is 0 Å². The molecule has 1 aromatic carbocycles. The summed E-state index contributed by atoms with van der Waals surface area (Å²) in [5, 5.41) is 17.0. The van der Waals surface area contributed by atoms with Crippen LogP contribution in [0, 0.1) is 0 Å². The molecular weight excluding hydrogens is 274 g/mol. The Kier molecular flexibility index (Phi) is 4.42. The van der Waals surface area contributed by atoms with Gasteiger partial charge < -0.3 is 14.6 Å². The molecule has 1 aromatic heterocycles. The fourth-order valence-electron chi connectivity index (χ4n) is 2.13. The lowest BCUT2D eigenvalue weighted by molar-refractivity contribution is -0.141. The Balaban J connectivity index is 2.57. The molecule has 2 aromatic rings. The van der Waals surface area contributed by atoms with Crippen molar-refractivity contribution in [2.24, 2.45) is 0 Å². The molecule has 0 saturated heterocycles. The fourth-order valence-corrected chi connectivity index (χ4v) is 2.13. The average molecular weight is 291 g/mol. The van der Waals surface area contributed by atoms with Crippen molar-refractivity contribution in [2.75, 3.05) is 14.2 Å². The summed E-state index contributed by atoms with van der Waals surface area (Å²) in [6.45, 7) is 1.78. The minimum absolute atomic E-state index is 0.401. The van der Waals surface area contributed by atoms with E-state index in [9.17, 15) is 9.90 Å². The third kappa shape index (κ3) is 2.81. The van der Waals surface area contributed by atoms with Crippen molar-refractivity contribution in [1.82, 2.24) is 15.0 Å². The summed E-state index contributed by atoms with van der Waals surface area (Å²) in [5.74, 6) is 0.285. The summed E-state index contributed by atoms with van der Waals surface area (Å²) >= 11 is 0. The van der Waals surface area contributed by atoms with Crippen molar-refractivity contribution >= 4 is 5.97 Å². The van der Waals surface area contributed by atoms with Gasteiger partial charge in [-0.05, 0) is 24.6 Å². The maximum Gasteiger partial charge on any atom is 0.328 e. The lowest BCUT2D eigenvalue weighted by Crippen LogP contribution is -2.20. The van der Waals surface area contributed by atoms with Gasteiger partial charge in [-0.3, -0.25) is 0 Å². The number of benzene rings is 1. The van der Waals surface area contributed by atoms with E-state index < -0.39 is 12.0 Å². The Bertz CT molecular complexity index is 639. The molecule has 1 heterocycles. The zero-order valence-corrected chi connectivity index (χ0v) is 12.1. The number of nitrogens with zero attached hydrogens (tertiary/aromatic N) is 3. The molecule has 7 nitrogen and oxygen atoms in total. The number of aromatic nitrogens is 3. The standard InChI is InChI=1S/C14H17N3O4/c1-4-11(14(18)19)17-12(8-15-16-17)10-7-9(20-2)5-6-13(10)21-3/h5-8,11H,4H2,1-3H3,(H,18,19). The first-order valence-electron chi connectivity index (χ1n) is 6.47. The summed E-state index contributed by atoms with van der Waals surface area (Å²) in [4.78, 5) is 11.3. The van der Waals surface area contributed by atoms with Crippen LogP contribution >= 0.6 is 0 Å². The second kappa shape index (κ2) is 6.25. The molecule has 7 heteroatoms. The topological polar surface area (TPSA) is 86.5 Å². The van der Waals surface area contributed by atoms with Crippen LogP contribution in [0.3, 0.4) is 0 Å². The van der Waals surface area contributed by atoms with Crippen LogP contribution in [0.5, 0.6) is 11.5 Å². The number of ether oxygens (including phenoxy) is 2. The highest BCUT2D eigenvalue weighted by Gasteiger charge is 2.23. The van der Waals surface area contributed by atoms with Gasteiger partial charge in [0.1, 0.15) is 11.5 Å². The van der Waals surface area contributed by atoms with Gasteiger partial charge in [-0.2, -0.15) is 0 Å². The van der Waals surface area contributed by atoms with Gasteiger partial charge in [0.05, 0.1) is 26.1 Å². The first-order chi connectivity index (χ1) is 10.1. The Hall–Kier alpha value is -2.57. The number of carbonyl (C=O) groups is 1. The lowest BCUT2D eigenvalue weighted by atomic mass is 10.1. The zero-order chi connectivity index (χ0) is 15.4. The third-order valence-electron chi connectivity index (χ3n) is 3.22. The number of rotatable bonds is 6. The Morgan fingerprint density at radius 2 is 2.14 bits per heavy atom. The van der Waals surface area contributed by atoms with Crippen LogP contribution in [0.1, 0.15) is 19.4 Å². The Labute approximate surface area is 122 Å². The van der Waals surface area contributed by atoms with E-state index in [2.05, 4.69) is 10.3 Å². The van der Waals surface area contributed by atoms with Crippen molar-refractivity contribution < 1.29 is 19.4 Å². The van der Waals surface area contributed by atoms with Gasteiger partial charge in [0, 0.05) is 5.56 Å². The molecule has 0 radical (unpaired) electrons. The van der Waals surface area contributed by atoms with Crippen LogP contribution in [0.15, 0.2) is 24.4 Å². The van der Waals surface area contributed by atoms with E-state index in [1.807, 2.05) is 0 Å². The normalized spacial score (nSPS) is 12.0. The van der Waals surface area contributed by atoms with Gasteiger partial charge in [-0.15, -0.1) is 5.10 Å². The second-order valence-corrected chi connectivity index (χ2v) is 4.39. The summed E-state index contributed by atoms with van der Waals surface area (Å²) in [6, 6.07) is 4.51. The monoisotopic (exact) mass is 291 g/mol. The highest BCUT2D eigenvalue weighted by atomic mass is 16.5. The maximum atomic E-state index is 11.3. The molecule has 0 saturated carbocycles. The van der Waals surface area contributed by atoms with Crippen LogP contribution in [0.25, 0.3) is 11.3 Å². The highest BCUT2D eigenvalue weighted by Crippen LogP contribution is 2.34. The molecular formula is C14H17N3O4. The van der Waals surface area contributed by atoms with Gasteiger partial charge in [-0.1, -0.05) is 12.1 Å². The van der Waals surface area contributed by atoms with E-state index in [1.165, 1.54) is 10.9 Å². The Morgan fingerprint density at radius 3 is 2.71 bits per heavy atom. The highest BCUT2D eigenvalue weighted by molar-refractivity contribution is 5.75. The van der Waals surface area contributed by atoms with E-state index in [1.54, 1.807) is 39.3 Å². The minimum atomic E-state index is -0.953. The number of carboxylic acid groups (broad SMARTS) is 1. The molecule has 0 bridgehead atoms. The molecule has 0 aliphatic rings. The molecule has 0 aliphatic carbocycles. The quantitative estimate of drug-likeness (QED) is 0.876. The van der Waals surface area contributed by atoms with Crippen LogP contribution in [0.2, 0.25) is 0 Å². The van der Waals surface area contributed by atoms with Crippen molar-refractivity contribution in [3.63, 3.8) is 0 Å². The zero-order valence-electron chi connectivity index (χ0n) is 12.1. The van der Waals surface area contributed by atoms with Crippen molar-refractivity contribution in [3.8, 4) is 22.8 Å². The minimum Gasteiger partial charge on any atom is -0.497 e. The molecule has 1 N–H and O–H groups in total. The van der Waals surface area contributed by atoms with Crippen LogP contribution in [-0.4, -0.2) is 40.3 Å². The van der Waals surface area contributed by atoms with Gasteiger partial charge >= 0.3 is 5.97 Å². The van der Waals surface area contributed by atoms with Crippen LogP contribution in [0.4, 0.5) is 0 Å². The number of aliphatic carboxylic acids is 1. The van der Waals surface area contributed by atoms with Crippen molar-refractivity contribution in [3.05, 3.63) is 24.4 Å². The lowest BCUT2D eigenvalue weighted by Gasteiger charge is -2.15. The van der Waals surface area contributed by atoms with Gasteiger partial charge in [0.25, 0.3) is 0 Å². The predicted octanol–water partition coefficient (Wildman–Crippen LogP) is 2.00. The van der Waals surface area contributed by atoms with E-state index in [0.717, 1.165) is 0 Å². The van der Waals surface area contributed by atoms with Crippen LogP contribution < -0.4 is 9.47 Å². The summed E-state index contributed by atoms with van der Waals surface area (Å²) in [7, 11) is 3.11.